The Morgan fingerprint density at radius 2 is 1.87 bits per heavy atom. The van der Waals surface area contributed by atoms with E-state index in [9.17, 15) is 13.2 Å². The smallest absolute Gasteiger partial charge is 0.261 e. The first kappa shape index (κ1) is 22.1. The molecule has 0 fully saturated rings. The van der Waals surface area contributed by atoms with Crippen LogP contribution in [0.15, 0.2) is 69.4 Å². The fourth-order valence-corrected chi connectivity index (χ4v) is 4.21. The predicted molar refractivity (Wildman–Crippen MR) is 117 cm³/mol. The van der Waals surface area contributed by atoms with Gasteiger partial charge in [-0.3, -0.25) is 14.6 Å². The molecular weight excluding hydrogens is 494 g/mol. The van der Waals surface area contributed by atoms with Crippen molar-refractivity contribution in [2.75, 3.05) is 23.6 Å². The Labute approximate surface area is 186 Å². The van der Waals surface area contributed by atoms with E-state index in [0.29, 0.717) is 28.9 Å². The molecule has 9 nitrogen and oxygen atoms in total. The molecule has 158 valence electrons. The minimum absolute atomic E-state index is 0.0895. The standard InChI is InChI=1S/C18H18BrN5O4S2/c19-13-1-3-14(4-2-13)24-30(26,27)16-7-5-15(6-8-16)28-11-17(25)20-9-10-29-18-21-12-22-23-18/h1-8,12,24H,9-11H2,(H,20,25)(H,21,22,23). The molecule has 0 aliphatic rings. The third-order valence-corrected chi connectivity index (χ3v) is 6.46. The first-order valence-corrected chi connectivity index (χ1v) is 11.9. The minimum Gasteiger partial charge on any atom is -0.484 e. The molecule has 1 aromatic heterocycles. The van der Waals surface area contributed by atoms with Gasteiger partial charge in [-0.25, -0.2) is 13.4 Å². The van der Waals surface area contributed by atoms with Gasteiger partial charge in [0.1, 0.15) is 12.1 Å². The van der Waals surface area contributed by atoms with Crippen LogP contribution in [0.1, 0.15) is 0 Å². The number of carbonyl (C=O) groups excluding carboxylic acids is 1. The number of rotatable bonds is 10. The normalized spacial score (nSPS) is 11.1. The van der Waals surface area contributed by atoms with Gasteiger partial charge in [0.2, 0.25) is 0 Å². The summed E-state index contributed by atoms with van der Waals surface area (Å²) in [6.07, 6.45) is 1.42. The van der Waals surface area contributed by atoms with E-state index in [1.54, 1.807) is 24.3 Å². The van der Waals surface area contributed by atoms with Gasteiger partial charge in [-0.15, -0.1) is 0 Å². The molecule has 30 heavy (non-hydrogen) atoms. The fraction of sp³-hybridized carbons (Fsp3) is 0.167. The van der Waals surface area contributed by atoms with Crippen molar-refractivity contribution < 1.29 is 17.9 Å². The second-order valence-corrected chi connectivity index (χ2v) is 9.54. The third kappa shape index (κ3) is 6.75. The van der Waals surface area contributed by atoms with E-state index in [1.165, 1.54) is 42.4 Å². The number of thioether (sulfide) groups is 1. The molecular formula is C18H18BrN5O4S2. The summed E-state index contributed by atoms with van der Waals surface area (Å²) in [7, 11) is -3.72. The van der Waals surface area contributed by atoms with Crippen molar-refractivity contribution >= 4 is 49.3 Å². The van der Waals surface area contributed by atoms with E-state index in [0.717, 1.165) is 4.47 Å². The molecule has 0 aliphatic carbocycles. The molecule has 0 spiro atoms. The van der Waals surface area contributed by atoms with Crippen LogP contribution < -0.4 is 14.8 Å². The van der Waals surface area contributed by atoms with Crippen molar-refractivity contribution in [1.29, 1.82) is 0 Å². The van der Waals surface area contributed by atoms with Crippen molar-refractivity contribution in [3.8, 4) is 5.75 Å². The van der Waals surface area contributed by atoms with Crippen molar-refractivity contribution in [3.05, 3.63) is 59.3 Å². The average molecular weight is 512 g/mol. The summed E-state index contributed by atoms with van der Waals surface area (Å²) >= 11 is 4.74. The van der Waals surface area contributed by atoms with Crippen molar-refractivity contribution in [1.82, 2.24) is 20.5 Å². The average Bonchev–Trinajstić information content (AvgIpc) is 3.25. The maximum atomic E-state index is 12.5. The zero-order valence-electron chi connectivity index (χ0n) is 15.5. The van der Waals surface area contributed by atoms with Gasteiger partial charge in [0, 0.05) is 22.5 Å². The summed E-state index contributed by atoms with van der Waals surface area (Å²) in [5.74, 6) is 0.754. The fourth-order valence-electron chi connectivity index (χ4n) is 2.25. The summed E-state index contributed by atoms with van der Waals surface area (Å²) in [5, 5.41) is 9.87. The number of halogens is 1. The molecule has 0 bridgehead atoms. The lowest BCUT2D eigenvalue weighted by Gasteiger charge is -2.10. The van der Waals surface area contributed by atoms with E-state index >= 15 is 0 Å². The Bertz CT molecular complexity index is 1060. The summed E-state index contributed by atoms with van der Waals surface area (Å²) in [5.41, 5.74) is 0.455. The van der Waals surface area contributed by atoms with Gasteiger partial charge in [0.05, 0.1) is 4.90 Å². The van der Waals surface area contributed by atoms with Gasteiger partial charge in [0.15, 0.2) is 11.8 Å². The second kappa shape index (κ2) is 10.5. The highest BCUT2D eigenvalue weighted by Crippen LogP contribution is 2.20. The molecule has 0 saturated heterocycles. The summed E-state index contributed by atoms with van der Waals surface area (Å²) in [4.78, 5) is 15.9. The second-order valence-electron chi connectivity index (χ2n) is 5.86. The maximum Gasteiger partial charge on any atom is 0.261 e. The van der Waals surface area contributed by atoms with Crippen LogP contribution in [-0.4, -0.2) is 48.4 Å². The Hall–Kier alpha value is -2.57. The Balaban J connectivity index is 1.44. The Kier molecular flexibility index (Phi) is 7.71. The number of nitrogens with one attached hydrogen (secondary N) is 3. The van der Waals surface area contributed by atoms with Crippen LogP contribution in [0.25, 0.3) is 0 Å². The number of hydrogen-bond acceptors (Lipinski definition) is 7. The number of carbonyl (C=O) groups is 1. The number of nitrogens with zero attached hydrogens (tertiary/aromatic N) is 2. The Morgan fingerprint density at radius 3 is 2.53 bits per heavy atom. The molecule has 3 N–H and O–H groups in total. The summed E-state index contributed by atoms with van der Waals surface area (Å²) in [6, 6.07) is 12.6. The van der Waals surface area contributed by atoms with Gasteiger partial charge in [0.25, 0.3) is 15.9 Å². The zero-order chi connectivity index (χ0) is 21.4. The van der Waals surface area contributed by atoms with Gasteiger partial charge in [-0.1, -0.05) is 27.7 Å². The minimum atomic E-state index is -3.72. The van der Waals surface area contributed by atoms with Gasteiger partial charge in [-0.2, -0.15) is 5.10 Å². The molecule has 0 unspecified atom stereocenters. The molecule has 0 atom stereocenters. The molecule has 0 radical (unpaired) electrons. The first-order valence-electron chi connectivity index (χ1n) is 8.68. The molecule has 3 rings (SSSR count). The number of sulfonamides is 1. The lowest BCUT2D eigenvalue weighted by molar-refractivity contribution is -0.122. The quantitative estimate of drug-likeness (QED) is 0.282. The highest BCUT2D eigenvalue weighted by Gasteiger charge is 2.14. The Morgan fingerprint density at radius 1 is 1.13 bits per heavy atom. The molecule has 1 amide bonds. The van der Waals surface area contributed by atoms with Crippen LogP contribution in [0.4, 0.5) is 5.69 Å². The molecule has 3 aromatic rings. The van der Waals surface area contributed by atoms with E-state index in [1.807, 2.05) is 0 Å². The maximum absolute atomic E-state index is 12.5. The zero-order valence-corrected chi connectivity index (χ0v) is 18.8. The van der Waals surface area contributed by atoms with Crippen LogP contribution in [0, 0.1) is 0 Å². The van der Waals surface area contributed by atoms with Crippen LogP contribution in [0.5, 0.6) is 5.75 Å². The first-order chi connectivity index (χ1) is 14.4. The number of aromatic nitrogens is 3. The molecule has 0 saturated carbocycles. The number of anilines is 1. The van der Waals surface area contributed by atoms with Gasteiger partial charge >= 0.3 is 0 Å². The highest BCUT2D eigenvalue weighted by molar-refractivity contribution is 9.10. The number of aromatic amines is 1. The van der Waals surface area contributed by atoms with Crippen LogP contribution >= 0.6 is 27.7 Å². The van der Waals surface area contributed by atoms with Gasteiger partial charge in [-0.05, 0) is 48.5 Å². The van der Waals surface area contributed by atoms with Crippen molar-refractivity contribution in [3.63, 3.8) is 0 Å². The SMILES string of the molecule is O=C(COc1ccc(S(=O)(=O)Nc2ccc(Br)cc2)cc1)NCCSc1ncn[nH]1. The molecule has 12 heteroatoms. The number of H-pyrrole nitrogens is 1. The molecule has 1 heterocycles. The van der Waals surface area contributed by atoms with Crippen LogP contribution in [0.2, 0.25) is 0 Å². The van der Waals surface area contributed by atoms with Crippen LogP contribution in [-0.2, 0) is 14.8 Å². The van der Waals surface area contributed by atoms with E-state index in [2.05, 4.69) is 41.2 Å². The van der Waals surface area contributed by atoms with Gasteiger partial charge < -0.3 is 10.1 Å². The van der Waals surface area contributed by atoms with E-state index in [4.69, 9.17) is 4.74 Å². The predicted octanol–water partition coefficient (Wildman–Crippen LogP) is 2.66. The number of hydrogen-bond donors (Lipinski definition) is 3. The molecule has 2 aromatic carbocycles. The van der Waals surface area contributed by atoms with Crippen molar-refractivity contribution in [2.24, 2.45) is 0 Å². The largest absolute Gasteiger partial charge is 0.484 e. The van der Waals surface area contributed by atoms with E-state index in [-0.39, 0.29) is 17.4 Å². The van der Waals surface area contributed by atoms with Crippen molar-refractivity contribution in [2.45, 2.75) is 10.1 Å². The number of ether oxygens (including phenoxy) is 1. The lowest BCUT2D eigenvalue weighted by atomic mass is 10.3. The molecule has 0 aliphatic heterocycles. The number of benzene rings is 2. The highest BCUT2D eigenvalue weighted by atomic mass is 79.9. The van der Waals surface area contributed by atoms with E-state index < -0.39 is 10.0 Å². The third-order valence-electron chi connectivity index (χ3n) is 3.66. The summed E-state index contributed by atoms with van der Waals surface area (Å²) in [6.45, 7) is 0.280. The monoisotopic (exact) mass is 511 g/mol. The summed E-state index contributed by atoms with van der Waals surface area (Å²) < 4.78 is 33.7. The lowest BCUT2D eigenvalue weighted by Crippen LogP contribution is -2.30. The number of amides is 1. The topological polar surface area (TPSA) is 126 Å². The van der Waals surface area contributed by atoms with Crippen LogP contribution in [0.3, 0.4) is 0 Å².